The van der Waals surface area contributed by atoms with Crippen LogP contribution in [0.2, 0.25) is 0 Å². The fourth-order valence-electron chi connectivity index (χ4n) is 2.77. The Hall–Kier alpha value is -3.87. The van der Waals surface area contributed by atoms with E-state index in [9.17, 15) is 9.59 Å². The maximum Gasteiger partial charge on any atom is 0.408 e. The van der Waals surface area contributed by atoms with Crippen LogP contribution in [0.4, 0.5) is 10.5 Å². The first kappa shape index (κ1) is 20.9. The smallest absolute Gasteiger partial charge is 0.408 e. The van der Waals surface area contributed by atoms with Crippen molar-refractivity contribution in [3.63, 3.8) is 0 Å². The summed E-state index contributed by atoms with van der Waals surface area (Å²) in [5, 5.41) is 5.43. The van der Waals surface area contributed by atoms with E-state index >= 15 is 0 Å². The monoisotopic (exact) mass is 405 g/mol. The molecule has 1 unspecified atom stereocenters. The van der Waals surface area contributed by atoms with Crippen molar-refractivity contribution in [1.82, 2.24) is 10.3 Å². The van der Waals surface area contributed by atoms with Crippen molar-refractivity contribution in [1.29, 1.82) is 0 Å². The van der Waals surface area contributed by atoms with E-state index in [4.69, 9.17) is 9.47 Å². The summed E-state index contributed by atoms with van der Waals surface area (Å²) in [7, 11) is 1.52. The van der Waals surface area contributed by atoms with Gasteiger partial charge in [0.1, 0.15) is 12.6 Å². The molecule has 0 saturated carbocycles. The number of anilines is 1. The third kappa shape index (κ3) is 6.34. The molecule has 1 aromatic heterocycles. The predicted molar refractivity (Wildman–Crippen MR) is 113 cm³/mol. The molecular formula is C23H23N3O4. The van der Waals surface area contributed by atoms with Gasteiger partial charge in [0.15, 0.2) is 0 Å². The van der Waals surface area contributed by atoms with E-state index in [2.05, 4.69) is 15.6 Å². The molecule has 0 aliphatic carbocycles. The van der Waals surface area contributed by atoms with E-state index in [1.54, 1.807) is 12.1 Å². The molecule has 154 valence electrons. The molecule has 2 N–H and O–H groups in total. The van der Waals surface area contributed by atoms with E-state index in [1.165, 1.54) is 13.3 Å². The molecule has 2 amide bonds. The second kappa shape index (κ2) is 10.6. The van der Waals surface area contributed by atoms with Crippen LogP contribution in [0.1, 0.15) is 11.1 Å². The van der Waals surface area contributed by atoms with Crippen molar-refractivity contribution in [3.8, 4) is 5.88 Å². The number of benzene rings is 2. The first-order valence-corrected chi connectivity index (χ1v) is 9.46. The zero-order valence-corrected chi connectivity index (χ0v) is 16.6. The van der Waals surface area contributed by atoms with Crippen LogP contribution in [0.5, 0.6) is 5.88 Å². The minimum Gasteiger partial charge on any atom is -0.481 e. The Morgan fingerprint density at radius 1 is 0.933 bits per heavy atom. The molecule has 0 aliphatic rings. The molecule has 0 radical (unpaired) electrons. The maximum absolute atomic E-state index is 12.8. The first-order chi connectivity index (χ1) is 14.6. The van der Waals surface area contributed by atoms with Crippen LogP contribution in [0, 0.1) is 0 Å². The van der Waals surface area contributed by atoms with Crippen molar-refractivity contribution in [2.45, 2.75) is 19.1 Å². The number of pyridine rings is 1. The molecule has 7 nitrogen and oxygen atoms in total. The quantitative estimate of drug-likeness (QED) is 0.598. The molecule has 3 rings (SSSR count). The van der Waals surface area contributed by atoms with Gasteiger partial charge in [-0.25, -0.2) is 9.78 Å². The fourth-order valence-corrected chi connectivity index (χ4v) is 2.77. The number of ether oxygens (including phenoxy) is 2. The Morgan fingerprint density at radius 3 is 2.20 bits per heavy atom. The largest absolute Gasteiger partial charge is 0.481 e. The van der Waals surface area contributed by atoms with Crippen molar-refractivity contribution in [3.05, 3.63) is 90.1 Å². The molecule has 7 heteroatoms. The number of aromatic nitrogens is 1. The lowest BCUT2D eigenvalue weighted by molar-refractivity contribution is -0.118. The number of methoxy groups -OCH3 is 1. The third-order valence-electron chi connectivity index (χ3n) is 4.32. The molecule has 1 atom stereocenters. The van der Waals surface area contributed by atoms with Gasteiger partial charge in [-0.1, -0.05) is 60.7 Å². The third-order valence-corrected chi connectivity index (χ3v) is 4.32. The molecule has 30 heavy (non-hydrogen) atoms. The summed E-state index contributed by atoms with van der Waals surface area (Å²) in [4.78, 5) is 29.2. The van der Waals surface area contributed by atoms with E-state index in [0.29, 0.717) is 18.0 Å². The number of amides is 2. The highest BCUT2D eigenvalue weighted by molar-refractivity contribution is 5.96. The van der Waals surface area contributed by atoms with Crippen LogP contribution in [0.25, 0.3) is 0 Å². The van der Waals surface area contributed by atoms with Crippen molar-refractivity contribution < 1.29 is 19.1 Å². The Balaban J connectivity index is 1.65. The second-order valence-corrected chi connectivity index (χ2v) is 6.53. The van der Waals surface area contributed by atoms with E-state index < -0.39 is 12.1 Å². The Kier molecular flexibility index (Phi) is 7.38. The lowest BCUT2D eigenvalue weighted by Gasteiger charge is -2.18. The first-order valence-electron chi connectivity index (χ1n) is 9.46. The van der Waals surface area contributed by atoms with Crippen molar-refractivity contribution in [2.24, 2.45) is 0 Å². The highest BCUT2D eigenvalue weighted by atomic mass is 16.5. The highest BCUT2D eigenvalue weighted by Gasteiger charge is 2.22. The fraction of sp³-hybridized carbons (Fsp3) is 0.174. The summed E-state index contributed by atoms with van der Waals surface area (Å²) in [6.45, 7) is 0.120. The van der Waals surface area contributed by atoms with Gasteiger partial charge in [-0.05, 0) is 17.2 Å². The molecule has 0 spiro atoms. The molecule has 0 bridgehead atoms. The summed E-state index contributed by atoms with van der Waals surface area (Å²) in [6, 6.07) is 21.3. The van der Waals surface area contributed by atoms with Gasteiger partial charge in [0.05, 0.1) is 19.0 Å². The normalized spacial score (nSPS) is 11.2. The minimum atomic E-state index is -0.822. The van der Waals surface area contributed by atoms with Gasteiger partial charge in [0, 0.05) is 12.5 Å². The average molecular weight is 405 g/mol. The second-order valence-electron chi connectivity index (χ2n) is 6.53. The van der Waals surface area contributed by atoms with Crippen LogP contribution in [0.15, 0.2) is 79.0 Å². The lowest BCUT2D eigenvalue weighted by atomic mass is 10.1. The van der Waals surface area contributed by atoms with Crippen LogP contribution in [0.3, 0.4) is 0 Å². The zero-order valence-electron chi connectivity index (χ0n) is 16.6. The van der Waals surface area contributed by atoms with Crippen LogP contribution >= 0.6 is 0 Å². The zero-order chi connectivity index (χ0) is 21.2. The predicted octanol–water partition coefficient (Wildman–Crippen LogP) is 3.57. The number of hydrogen-bond acceptors (Lipinski definition) is 5. The van der Waals surface area contributed by atoms with Crippen LogP contribution in [-0.2, 0) is 22.6 Å². The van der Waals surface area contributed by atoms with Gasteiger partial charge >= 0.3 is 6.09 Å². The standard InChI is InChI=1S/C23H23N3O4/c1-29-21-13-12-19(15-24-21)25-22(27)20(14-17-8-4-2-5-9-17)26-23(28)30-16-18-10-6-3-7-11-18/h2-13,15,20H,14,16H2,1H3,(H,25,27)(H,26,28). The molecular weight excluding hydrogens is 382 g/mol. The summed E-state index contributed by atoms with van der Waals surface area (Å²) < 4.78 is 10.3. The van der Waals surface area contributed by atoms with E-state index in [-0.39, 0.29) is 12.5 Å². The topological polar surface area (TPSA) is 89.6 Å². The van der Waals surface area contributed by atoms with Crippen molar-refractivity contribution in [2.75, 3.05) is 12.4 Å². The Bertz CT molecular complexity index is 947. The molecule has 2 aromatic carbocycles. The maximum atomic E-state index is 12.8. The molecule has 0 saturated heterocycles. The molecule has 3 aromatic rings. The molecule has 0 aliphatic heterocycles. The Morgan fingerprint density at radius 2 is 1.60 bits per heavy atom. The molecule has 0 fully saturated rings. The van der Waals surface area contributed by atoms with Gasteiger partial charge < -0.3 is 20.1 Å². The number of carbonyl (C=O) groups is 2. The van der Waals surface area contributed by atoms with E-state index in [1.807, 2.05) is 60.7 Å². The van der Waals surface area contributed by atoms with Gasteiger partial charge in [-0.15, -0.1) is 0 Å². The van der Waals surface area contributed by atoms with Gasteiger partial charge in [-0.3, -0.25) is 4.79 Å². The Labute approximate surface area is 175 Å². The number of carbonyl (C=O) groups excluding carboxylic acids is 2. The van der Waals surface area contributed by atoms with Crippen LogP contribution < -0.4 is 15.4 Å². The summed E-state index contributed by atoms with van der Waals surface area (Å²) in [6.07, 6.45) is 1.14. The lowest BCUT2D eigenvalue weighted by Crippen LogP contribution is -2.45. The highest BCUT2D eigenvalue weighted by Crippen LogP contribution is 2.12. The van der Waals surface area contributed by atoms with Crippen molar-refractivity contribution >= 4 is 17.7 Å². The number of rotatable bonds is 8. The average Bonchev–Trinajstić information content (AvgIpc) is 2.79. The van der Waals surface area contributed by atoms with Gasteiger partial charge in [0.2, 0.25) is 11.8 Å². The van der Waals surface area contributed by atoms with Gasteiger partial charge in [0.25, 0.3) is 0 Å². The number of hydrogen-bond donors (Lipinski definition) is 2. The molecule has 1 heterocycles. The summed E-state index contributed by atoms with van der Waals surface area (Å²) in [5.41, 5.74) is 2.27. The van der Waals surface area contributed by atoms with Crippen LogP contribution in [-0.4, -0.2) is 30.1 Å². The SMILES string of the molecule is COc1ccc(NC(=O)C(Cc2ccccc2)NC(=O)OCc2ccccc2)cn1. The summed E-state index contributed by atoms with van der Waals surface area (Å²) in [5.74, 6) is 0.0685. The minimum absolute atomic E-state index is 0.120. The number of alkyl carbamates (subject to hydrolysis) is 1. The van der Waals surface area contributed by atoms with E-state index in [0.717, 1.165) is 11.1 Å². The van der Waals surface area contributed by atoms with Gasteiger partial charge in [-0.2, -0.15) is 0 Å². The summed E-state index contributed by atoms with van der Waals surface area (Å²) >= 11 is 0. The number of nitrogens with one attached hydrogen (secondary N) is 2. The number of nitrogens with zero attached hydrogens (tertiary/aromatic N) is 1.